The second kappa shape index (κ2) is 5.11. The molecule has 0 aliphatic carbocycles. The first-order chi connectivity index (χ1) is 11.5. The molecule has 0 aromatic carbocycles. The van der Waals surface area contributed by atoms with Crippen LogP contribution in [0, 0.1) is 0 Å². The zero-order valence-electron chi connectivity index (χ0n) is 15.6. The Morgan fingerprint density at radius 1 is 1.00 bits per heavy atom. The molecule has 0 spiro atoms. The molecular formula is C18H26N2O4Si. The maximum atomic E-state index is 12.4. The van der Waals surface area contributed by atoms with Crippen molar-refractivity contribution in [2.75, 3.05) is 0 Å². The zero-order valence-corrected chi connectivity index (χ0v) is 16.6. The van der Waals surface area contributed by atoms with Crippen LogP contribution in [0.5, 0.6) is 5.88 Å². The van der Waals surface area contributed by atoms with E-state index in [4.69, 9.17) is 13.5 Å². The van der Waals surface area contributed by atoms with E-state index in [1.165, 1.54) is 10.8 Å². The summed E-state index contributed by atoms with van der Waals surface area (Å²) in [5.41, 5.74) is -0.265. The minimum atomic E-state index is -4.28. The van der Waals surface area contributed by atoms with Gasteiger partial charge in [-0.3, -0.25) is 0 Å². The Hall–Kier alpha value is -2.28. The molecule has 1 aliphatic rings. The van der Waals surface area contributed by atoms with Gasteiger partial charge >= 0.3 is 148 Å². The fourth-order valence-corrected chi connectivity index (χ4v) is 9.26. The molecule has 3 rings (SSSR count). The van der Waals surface area contributed by atoms with Crippen molar-refractivity contribution in [2.24, 2.45) is 0 Å². The Morgan fingerprint density at radius 3 is 2.20 bits per heavy atom. The van der Waals surface area contributed by atoms with E-state index in [2.05, 4.69) is 0 Å². The fraction of sp³-hybridized carbons (Fsp3) is 0.444. The third-order valence-electron chi connectivity index (χ3n) is 4.98. The van der Waals surface area contributed by atoms with Gasteiger partial charge in [0.1, 0.15) is 0 Å². The van der Waals surface area contributed by atoms with Gasteiger partial charge in [-0.15, -0.1) is 0 Å². The van der Waals surface area contributed by atoms with E-state index in [1.807, 2.05) is 59.7 Å². The molecule has 0 fully saturated rings. The van der Waals surface area contributed by atoms with Gasteiger partial charge in [0.2, 0.25) is 0 Å². The van der Waals surface area contributed by atoms with Crippen molar-refractivity contribution in [1.29, 1.82) is 0 Å². The Morgan fingerprint density at radius 2 is 1.64 bits per heavy atom. The minimum absolute atomic E-state index is 0.265. The van der Waals surface area contributed by atoms with Crippen molar-refractivity contribution in [3.8, 4) is 5.88 Å². The average Bonchev–Trinajstić information content (AvgIpc) is 2.86. The molecule has 0 saturated heterocycles. The van der Waals surface area contributed by atoms with Crippen LogP contribution >= 0.6 is 0 Å². The summed E-state index contributed by atoms with van der Waals surface area (Å²) in [4.78, 5) is 12.4. The Labute approximate surface area is 148 Å². The molecule has 0 N–H and O–H groups in total. The number of fused-ring (bicyclic) bond motifs is 1. The number of hydrogen-bond donors (Lipinski definition) is 0. The molecule has 7 heteroatoms. The second-order valence-electron chi connectivity index (χ2n) is 8.50. The van der Waals surface area contributed by atoms with E-state index >= 15 is 0 Å². The van der Waals surface area contributed by atoms with Gasteiger partial charge in [0, 0.05) is 0 Å². The van der Waals surface area contributed by atoms with Crippen LogP contribution in [0.25, 0.3) is 0 Å². The molecule has 0 radical (unpaired) electrons. The van der Waals surface area contributed by atoms with Crippen LogP contribution in [0.15, 0.2) is 53.6 Å². The predicted molar refractivity (Wildman–Crippen MR) is 96.3 cm³/mol. The number of pyridine rings is 2. The third-order valence-corrected chi connectivity index (χ3v) is 11.8. The summed E-state index contributed by atoms with van der Waals surface area (Å²) < 4.78 is 22.4. The van der Waals surface area contributed by atoms with Gasteiger partial charge in [-0.25, -0.2) is 0 Å². The summed E-state index contributed by atoms with van der Waals surface area (Å²) in [5.74, 6) is 0.574. The third kappa shape index (κ3) is 2.22. The number of rotatable bonds is 2. The van der Waals surface area contributed by atoms with Crippen molar-refractivity contribution in [3.63, 3.8) is 0 Å². The van der Waals surface area contributed by atoms with Crippen LogP contribution in [-0.2, 0) is 0 Å². The van der Waals surface area contributed by atoms with Crippen molar-refractivity contribution in [2.45, 2.75) is 51.6 Å². The SMILES string of the molecule is CC(C)(C)[Si-]1(On2ccccc2=O)(C(C)(C)C)Oc2cccc[n+]2O1. The van der Waals surface area contributed by atoms with Gasteiger partial charge in [0.25, 0.3) is 0 Å². The van der Waals surface area contributed by atoms with Crippen LogP contribution in [0.4, 0.5) is 0 Å². The van der Waals surface area contributed by atoms with Gasteiger partial charge in [-0.05, 0) is 0 Å². The van der Waals surface area contributed by atoms with Crippen LogP contribution in [0.3, 0.4) is 0 Å². The van der Waals surface area contributed by atoms with E-state index in [0.29, 0.717) is 5.88 Å². The fourth-order valence-electron chi connectivity index (χ4n) is 3.64. The Bertz CT molecular complexity index is 821. The molecule has 25 heavy (non-hydrogen) atoms. The van der Waals surface area contributed by atoms with Crippen LogP contribution in [-0.4, -0.2) is 12.8 Å². The summed E-state index contributed by atoms with van der Waals surface area (Å²) >= 11 is 0. The van der Waals surface area contributed by atoms with Gasteiger partial charge in [0.05, 0.1) is 0 Å². The molecule has 0 bridgehead atoms. The maximum absolute atomic E-state index is 12.4. The molecule has 0 atom stereocenters. The first-order valence-corrected chi connectivity index (χ1v) is 10.7. The summed E-state index contributed by atoms with van der Waals surface area (Å²) in [6, 6.07) is 10.5. The number of aromatic nitrogens is 2. The van der Waals surface area contributed by atoms with Crippen molar-refractivity contribution >= 4 is 8.08 Å². The molecule has 2 aromatic heterocycles. The summed E-state index contributed by atoms with van der Waals surface area (Å²) in [7, 11) is -4.28. The molecule has 0 saturated carbocycles. The summed E-state index contributed by atoms with van der Waals surface area (Å²) in [6.07, 6.45) is 3.39. The van der Waals surface area contributed by atoms with Crippen LogP contribution in [0.2, 0.25) is 10.1 Å². The van der Waals surface area contributed by atoms with Gasteiger partial charge in [0.15, 0.2) is 0 Å². The normalized spacial score (nSPS) is 19.7. The molecule has 0 unspecified atom stereocenters. The number of hydrogen-bond acceptors (Lipinski definition) is 4. The molecule has 3 heterocycles. The molecule has 2 aromatic rings. The van der Waals surface area contributed by atoms with Crippen LogP contribution in [0.1, 0.15) is 41.5 Å². The van der Waals surface area contributed by atoms with Gasteiger partial charge < -0.3 is 0 Å². The quantitative estimate of drug-likeness (QED) is 0.609. The topological polar surface area (TPSA) is 53.6 Å². The summed E-state index contributed by atoms with van der Waals surface area (Å²) in [6.45, 7) is 12.2. The standard InChI is InChI=1S/C18H26N2O4Si/c1-17(2,3)25(18(4,5)6,23-19-13-9-7-11-15(19)21)22-16-12-8-10-14-20(16)24-25/h7-14H,1-6H3. The predicted octanol–water partition coefficient (Wildman–Crippen LogP) is 2.58. The second-order valence-corrected chi connectivity index (χ2v) is 14.0. The molecule has 6 nitrogen and oxygen atoms in total. The van der Waals surface area contributed by atoms with Crippen molar-refractivity contribution in [3.05, 3.63) is 59.1 Å². The molecule has 1 aliphatic heterocycles. The van der Waals surface area contributed by atoms with E-state index in [0.717, 1.165) is 0 Å². The van der Waals surface area contributed by atoms with E-state index in [-0.39, 0.29) is 5.56 Å². The monoisotopic (exact) mass is 362 g/mol. The summed E-state index contributed by atoms with van der Waals surface area (Å²) in [5, 5.41) is -1.03. The molecular weight excluding hydrogens is 336 g/mol. The Kier molecular flexibility index (Phi) is 3.58. The average molecular weight is 363 g/mol. The molecule has 0 amide bonds. The van der Waals surface area contributed by atoms with E-state index in [9.17, 15) is 4.79 Å². The number of nitrogens with zero attached hydrogens (tertiary/aromatic N) is 2. The zero-order chi connectivity index (χ0) is 18.5. The van der Waals surface area contributed by atoms with Gasteiger partial charge in [-0.1, -0.05) is 0 Å². The van der Waals surface area contributed by atoms with E-state index in [1.54, 1.807) is 29.3 Å². The van der Waals surface area contributed by atoms with Crippen molar-refractivity contribution in [1.82, 2.24) is 4.73 Å². The van der Waals surface area contributed by atoms with E-state index < -0.39 is 18.2 Å². The first-order valence-electron chi connectivity index (χ1n) is 8.43. The Balaban J connectivity index is 2.30. The first kappa shape index (κ1) is 17.5. The van der Waals surface area contributed by atoms with Crippen LogP contribution < -0.4 is 23.8 Å². The molecule has 136 valence electrons. The van der Waals surface area contributed by atoms with Crippen molar-refractivity contribution < 1.29 is 18.2 Å². The van der Waals surface area contributed by atoms with Gasteiger partial charge in [-0.2, -0.15) is 0 Å².